The molecule has 6 rings (SSSR count). The van der Waals surface area contributed by atoms with Gasteiger partial charge in [0.1, 0.15) is 17.2 Å². The summed E-state index contributed by atoms with van der Waals surface area (Å²) in [7, 11) is 2.94. The zero-order valence-electron chi connectivity index (χ0n) is 21.9. The number of likely N-dealkylation sites (tertiary alicyclic amines) is 1. The Morgan fingerprint density at radius 1 is 0.974 bits per heavy atom. The van der Waals surface area contributed by atoms with Gasteiger partial charge < -0.3 is 14.6 Å². The van der Waals surface area contributed by atoms with Crippen molar-refractivity contribution < 1.29 is 33.8 Å². The van der Waals surface area contributed by atoms with Crippen molar-refractivity contribution in [2.75, 3.05) is 14.2 Å². The van der Waals surface area contributed by atoms with E-state index in [1.54, 1.807) is 6.07 Å². The highest BCUT2D eigenvalue weighted by molar-refractivity contribution is 9.12. The highest BCUT2D eigenvalue weighted by atomic mass is 79.9. The number of ketones is 2. The van der Waals surface area contributed by atoms with Crippen molar-refractivity contribution in [1.82, 2.24) is 4.90 Å². The standard InChI is InChI=1S/C30H30BrNO7/c1-38-15-10-21(33)27(23(11-15)39-2)26-16-8-9-17-24(30(37)32(29(17)36)14-6-4-3-5-7-14)18(16)12-19-25(26)22(34)13-20(31)28(19)35/h8,10-11,13-14,17-18,24,26,33H,3-7,9,12H2,1-2H3/t17-,18+,24-,26-/m0/s1. The number of halogens is 1. The van der Waals surface area contributed by atoms with Crippen molar-refractivity contribution in [2.45, 2.75) is 56.9 Å². The number of aromatic hydroxyl groups is 1. The Bertz CT molecular complexity index is 1400. The van der Waals surface area contributed by atoms with Crippen molar-refractivity contribution in [1.29, 1.82) is 0 Å². The number of methoxy groups -OCH3 is 2. The number of ether oxygens (including phenoxy) is 2. The van der Waals surface area contributed by atoms with E-state index in [4.69, 9.17) is 9.47 Å². The summed E-state index contributed by atoms with van der Waals surface area (Å²) in [6, 6.07) is 2.99. The molecule has 1 aromatic rings. The molecule has 5 aliphatic rings. The number of carbonyl (C=O) groups is 4. The molecule has 0 unspecified atom stereocenters. The minimum atomic E-state index is -0.805. The number of nitrogens with zero attached hydrogens (tertiary/aromatic N) is 1. The van der Waals surface area contributed by atoms with Crippen LogP contribution < -0.4 is 9.47 Å². The number of hydrogen-bond donors (Lipinski definition) is 1. The summed E-state index contributed by atoms with van der Waals surface area (Å²) in [6.07, 6.45) is 8.51. The lowest BCUT2D eigenvalue weighted by atomic mass is 9.59. The highest BCUT2D eigenvalue weighted by Gasteiger charge is 2.57. The fraction of sp³-hybridized carbons (Fsp3) is 0.467. The van der Waals surface area contributed by atoms with Gasteiger partial charge in [-0.2, -0.15) is 0 Å². The molecular weight excluding hydrogens is 566 g/mol. The molecule has 0 aromatic heterocycles. The average molecular weight is 596 g/mol. The van der Waals surface area contributed by atoms with Crippen LogP contribution in [0.3, 0.4) is 0 Å². The summed E-state index contributed by atoms with van der Waals surface area (Å²) in [6.45, 7) is 0. The van der Waals surface area contributed by atoms with Crippen LogP contribution in [-0.2, 0) is 19.2 Å². The van der Waals surface area contributed by atoms with Gasteiger partial charge >= 0.3 is 0 Å². The van der Waals surface area contributed by atoms with Gasteiger partial charge in [0.25, 0.3) is 0 Å². The number of phenolic OH excluding ortho intramolecular Hbond substituents is 1. The van der Waals surface area contributed by atoms with Crippen LogP contribution in [0, 0.1) is 17.8 Å². The maximum absolute atomic E-state index is 14.0. The maximum atomic E-state index is 14.0. The summed E-state index contributed by atoms with van der Waals surface area (Å²) in [5.41, 5.74) is 1.71. The minimum absolute atomic E-state index is 0.0809. The number of phenols is 1. The smallest absolute Gasteiger partial charge is 0.233 e. The third-order valence-electron chi connectivity index (χ3n) is 9.14. The normalized spacial score (nSPS) is 29.1. The van der Waals surface area contributed by atoms with E-state index in [9.17, 15) is 24.3 Å². The van der Waals surface area contributed by atoms with Gasteiger partial charge in [-0.25, -0.2) is 0 Å². The van der Waals surface area contributed by atoms with Gasteiger partial charge in [0.2, 0.25) is 11.8 Å². The van der Waals surface area contributed by atoms with Gasteiger partial charge in [-0.15, -0.1) is 0 Å². The van der Waals surface area contributed by atoms with Crippen LogP contribution in [0.5, 0.6) is 17.2 Å². The highest BCUT2D eigenvalue weighted by Crippen LogP contribution is 2.58. The Morgan fingerprint density at radius 3 is 2.41 bits per heavy atom. The molecule has 1 saturated heterocycles. The first-order chi connectivity index (χ1) is 18.8. The Balaban J connectivity index is 1.51. The van der Waals surface area contributed by atoms with E-state index in [0.29, 0.717) is 29.1 Å². The third-order valence-corrected chi connectivity index (χ3v) is 9.73. The quantitative estimate of drug-likeness (QED) is 0.310. The molecule has 1 aliphatic heterocycles. The second kappa shape index (κ2) is 9.77. The van der Waals surface area contributed by atoms with Gasteiger partial charge in [0, 0.05) is 46.9 Å². The van der Waals surface area contributed by atoms with Crippen LogP contribution >= 0.6 is 15.9 Å². The fourth-order valence-electron chi connectivity index (χ4n) is 7.43. The second-order valence-corrected chi connectivity index (χ2v) is 11.8. The van der Waals surface area contributed by atoms with Crippen LogP contribution in [0.1, 0.15) is 56.4 Å². The molecule has 2 amide bonds. The van der Waals surface area contributed by atoms with Crippen LogP contribution in [0.2, 0.25) is 0 Å². The number of benzene rings is 1. The molecule has 204 valence electrons. The first-order valence-electron chi connectivity index (χ1n) is 13.5. The zero-order chi connectivity index (χ0) is 27.6. The molecule has 0 spiro atoms. The average Bonchev–Trinajstić information content (AvgIpc) is 3.20. The Kier molecular flexibility index (Phi) is 6.52. The van der Waals surface area contributed by atoms with Gasteiger partial charge in [-0.3, -0.25) is 24.1 Å². The number of amides is 2. The van der Waals surface area contributed by atoms with E-state index >= 15 is 0 Å². The number of Topliss-reactive ketones (excluding diaryl/α,β-unsaturated/α-hetero) is 1. The molecule has 4 aliphatic carbocycles. The lowest BCUT2D eigenvalue weighted by Crippen LogP contribution is -2.43. The SMILES string of the molecule is COc1cc(O)c([C@H]2C3=CC[C@@H]4C(=O)N(C5CCCCC5)C(=O)[C@@H]4[C@@H]3CC3=C2C(=O)C=C(Br)C3=O)c(OC)c1. The number of allylic oxidation sites excluding steroid dienone is 6. The maximum Gasteiger partial charge on any atom is 0.233 e. The summed E-state index contributed by atoms with van der Waals surface area (Å²) in [4.78, 5) is 56.0. The van der Waals surface area contributed by atoms with E-state index < -0.39 is 23.7 Å². The Morgan fingerprint density at radius 2 is 1.72 bits per heavy atom. The van der Waals surface area contributed by atoms with Crippen molar-refractivity contribution >= 4 is 39.3 Å². The third kappa shape index (κ3) is 3.91. The minimum Gasteiger partial charge on any atom is -0.507 e. The van der Waals surface area contributed by atoms with Crippen molar-refractivity contribution in [2.24, 2.45) is 17.8 Å². The number of imide groups is 1. The van der Waals surface area contributed by atoms with Crippen molar-refractivity contribution in [3.63, 3.8) is 0 Å². The molecule has 39 heavy (non-hydrogen) atoms. The summed E-state index contributed by atoms with van der Waals surface area (Å²) in [5, 5.41) is 11.2. The molecule has 1 saturated carbocycles. The van der Waals surface area contributed by atoms with E-state index in [1.165, 1.54) is 31.3 Å². The van der Waals surface area contributed by atoms with E-state index in [1.807, 2.05) is 6.08 Å². The lowest BCUT2D eigenvalue weighted by Gasteiger charge is -2.42. The monoisotopic (exact) mass is 595 g/mol. The summed E-state index contributed by atoms with van der Waals surface area (Å²) >= 11 is 3.24. The number of fused-ring (bicyclic) bond motifs is 3. The topological polar surface area (TPSA) is 110 Å². The van der Waals surface area contributed by atoms with Crippen LogP contribution in [0.25, 0.3) is 0 Å². The molecule has 0 bridgehead atoms. The molecule has 9 heteroatoms. The molecule has 2 fully saturated rings. The zero-order valence-corrected chi connectivity index (χ0v) is 23.5. The molecule has 0 radical (unpaired) electrons. The molecule has 1 heterocycles. The van der Waals surface area contributed by atoms with E-state index in [2.05, 4.69) is 15.9 Å². The molecule has 1 aromatic carbocycles. The van der Waals surface area contributed by atoms with Crippen LogP contribution in [0.4, 0.5) is 0 Å². The van der Waals surface area contributed by atoms with Gasteiger partial charge in [0.05, 0.1) is 30.5 Å². The largest absolute Gasteiger partial charge is 0.507 e. The van der Waals surface area contributed by atoms with Crippen LogP contribution in [0.15, 0.2) is 45.5 Å². The predicted molar refractivity (Wildman–Crippen MR) is 145 cm³/mol. The number of carbonyl (C=O) groups excluding carboxylic acids is 4. The first kappa shape index (κ1) is 26.0. The fourth-order valence-corrected chi connectivity index (χ4v) is 7.87. The molecule has 4 atom stereocenters. The molecule has 1 N–H and O–H groups in total. The number of rotatable bonds is 4. The van der Waals surface area contributed by atoms with E-state index in [-0.39, 0.29) is 51.6 Å². The lowest BCUT2D eigenvalue weighted by molar-refractivity contribution is -0.143. The van der Waals surface area contributed by atoms with Gasteiger partial charge in [0.15, 0.2) is 11.6 Å². The Labute approximate surface area is 234 Å². The van der Waals surface area contributed by atoms with Gasteiger partial charge in [-0.05, 0) is 47.5 Å². The number of hydrogen-bond acceptors (Lipinski definition) is 7. The van der Waals surface area contributed by atoms with Gasteiger partial charge in [-0.1, -0.05) is 30.9 Å². The van der Waals surface area contributed by atoms with Crippen LogP contribution in [-0.4, -0.2) is 53.6 Å². The molecule has 8 nitrogen and oxygen atoms in total. The van der Waals surface area contributed by atoms with E-state index in [0.717, 1.165) is 37.7 Å². The van der Waals surface area contributed by atoms with Crippen molar-refractivity contribution in [3.05, 3.63) is 51.0 Å². The first-order valence-corrected chi connectivity index (χ1v) is 14.3. The Hall–Kier alpha value is -3.20. The van der Waals surface area contributed by atoms with Crippen molar-refractivity contribution in [3.8, 4) is 17.2 Å². The second-order valence-electron chi connectivity index (χ2n) is 11.0. The predicted octanol–water partition coefficient (Wildman–Crippen LogP) is 4.50. The molecular formula is C30H30BrNO7. The summed E-state index contributed by atoms with van der Waals surface area (Å²) < 4.78 is 11.1. The summed E-state index contributed by atoms with van der Waals surface area (Å²) in [5.74, 6) is -2.78.